The Morgan fingerprint density at radius 2 is 1.56 bits per heavy atom. The van der Waals surface area contributed by atoms with E-state index in [0.29, 0.717) is 0 Å². The summed E-state index contributed by atoms with van der Waals surface area (Å²) in [6.45, 7) is 10.7. The first-order chi connectivity index (χ1) is 17.2. The van der Waals surface area contributed by atoms with E-state index in [9.17, 15) is 9.59 Å². The number of hydrogen-bond donors (Lipinski definition) is 1. The summed E-state index contributed by atoms with van der Waals surface area (Å²) >= 11 is 0. The minimum absolute atomic E-state index is 0.0178. The second-order valence-corrected chi connectivity index (χ2v) is 15.4. The van der Waals surface area contributed by atoms with Crippen LogP contribution in [0.25, 0.3) is 0 Å². The van der Waals surface area contributed by atoms with Crippen molar-refractivity contribution in [1.29, 1.82) is 0 Å². The summed E-state index contributed by atoms with van der Waals surface area (Å²) in [4.78, 5) is 24.0. The third kappa shape index (κ3) is 5.85. The molecule has 194 valence electrons. The number of benzene rings is 2. The number of rotatable bonds is 11. The molecule has 2 aliphatic rings. The maximum atomic E-state index is 12.3. The van der Waals surface area contributed by atoms with Gasteiger partial charge in [0.1, 0.15) is 6.10 Å². The Morgan fingerprint density at radius 3 is 2.11 bits per heavy atom. The van der Waals surface area contributed by atoms with E-state index in [1.807, 2.05) is 43.3 Å². The Morgan fingerprint density at radius 1 is 0.944 bits per heavy atom. The van der Waals surface area contributed by atoms with Gasteiger partial charge in [0.2, 0.25) is 0 Å². The number of hydrogen-bond acceptors (Lipinski definition) is 4. The number of cyclic esters (lactones) is 1. The fourth-order valence-corrected chi connectivity index (χ4v) is 9.79. The van der Waals surface area contributed by atoms with Crippen LogP contribution < -0.4 is 10.4 Å². The molecule has 0 aliphatic carbocycles. The van der Waals surface area contributed by atoms with E-state index in [-0.39, 0.29) is 35.2 Å². The summed E-state index contributed by atoms with van der Waals surface area (Å²) in [6.07, 6.45) is 7.88. The second kappa shape index (κ2) is 11.5. The van der Waals surface area contributed by atoms with Crippen LogP contribution in [0, 0.1) is 5.92 Å². The predicted octanol–water partition coefficient (Wildman–Crippen LogP) is 5.52. The van der Waals surface area contributed by atoms with Crippen LogP contribution in [0.2, 0.25) is 5.04 Å². The molecule has 0 spiro atoms. The van der Waals surface area contributed by atoms with Gasteiger partial charge in [-0.25, -0.2) is 0 Å². The maximum Gasteiger partial charge on any atom is 0.309 e. The zero-order chi connectivity index (χ0) is 25.8. The van der Waals surface area contributed by atoms with Gasteiger partial charge in [-0.2, -0.15) is 0 Å². The third-order valence-corrected chi connectivity index (χ3v) is 12.8. The second-order valence-electron chi connectivity index (χ2n) is 11.5. The van der Waals surface area contributed by atoms with Crippen LogP contribution in [0.3, 0.4) is 0 Å². The van der Waals surface area contributed by atoms with Crippen molar-refractivity contribution in [3.8, 4) is 0 Å². The molecular weight excluding hydrogens is 464 g/mol. The number of ether oxygens (including phenoxy) is 2. The first-order valence-electron chi connectivity index (χ1n) is 13.6. The van der Waals surface area contributed by atoms with Gasteiger partial charge in [0, 0.05) is 0 Å². The molecule has 2 fully saturated rings. The van der Waals surface area contributed by atoms with Crippen molar-refractivity contribution in [2.24, 2.45) is 5.92 Å². The summed E-state index contributed by atoms with van der Waals surface area (Å²) < 4.78 is 11.8. The lowest BCUT2D eigenvalue weighted by molar-refractivity contribution is -0.144. The van der Waals surface area contributed by atoms with Crippen molar-refractivity contribution in [3.05, 3.63) is 72.8 Å². The standard InChI is InChI=1S/C31H42O4Si/c1-23-21-25(34-29(23)19-18-26-22-24(2)30(32)35-26)13-11-12-20-31(3,4)36(33,27-14-7-5-8-15-27)28-16-9-6-10-17-28/h5-10,14-17,24-26,29,33H,1,11-13,18-22H2,2-4H3/t24-,25?,26-,29+/m1/s1. The molecule has 2 aliphatic heterocycles. The molecular formula is C31H42O4Si. The highest BCUT2D eigenvalue weighted by Gasteiger charge is 2.49. The molecule has 0 radical (unpaired) electrons. The monoisotopic (exact) mass is 506 g/mol. The van der Waals surface area contributed by atoms with E-state index >= 15 is 0 Å². The highest BCUT2D eigenvalue weighted by atomic mass is 28.4. The van der Waals surface area contributed by atoms with Crippen LogP contribution in [-0.4, -0.2) is 37.4 Å². The lowest BCUT2D eigenvalue weighted by Gasteiger charge is -2.41. The van der Waals surface area contributed by atoms with Gasteiger partial charge in [0.15, 0.2) is 0 Å². The molecule has 4 atom stereocenters. The smallest absolute Gasteiger partial charge is 0.309 e. The van der Waals surface area contributed by atoms with E-state index in [1.54, 1.807) is 0 Å². The maximum absolute atomic E-state index is 12.3. The fourth-order valence-electron chi connectivity index (χ4n) is 6.00. The molecule has 2 aromatic carbocycles. The van der Waals surface area contributed by atoms with E-state index in [4.69, 9.17) is 9.47 Å². The SMILES string of the molecule is C=C1CC(CCCCC(C)(C)[Si](O)(c2ccccc2)c2ccccc2)O[C@H]1CC[C@@H]1C[C@@H](C)C(=O)O1. The molecule has 36 heavy (non-hydrogen) atoms. The van der Waals surface area contributed by atoms with E-state index < -0.39 is 8.32 Å². The molecule has 2 saturated heterocycles. The lowest BCUT2D eigenvalue weighted by atomic mass is 9.98. The molecule has 0 saturated carbocycles. The van der Waals surface area contributed by atoms with Gasteiger partial charge in [0.05, 0.1) is 18.1 Å². The molecule has 0 aromatic heterocycles. The molecule has 4 rings (SSSR count). The zero-order valence-corrected chi connectivity index (χ0v) is 23.1. The van der Waals surface area contributed by atoms with Gasteiger partial charge >= 0.3 is 5.97 Å². The fraction of sp³-hybridized carbons (Fsp3) is 0.516. The predicted molar refractivity (Wildman–Crippen MR) is 148 cm³/mol. The highest BCUT2D eigenvalue weighted by Crippen LogP contribution is 2.41. The van der Waals surface area contributed by atoms with E-state index in [2.05, 4.69) is 44.7 Å². The summed E-state index contributed by atoms with van der Waals surface area (Å²) in [7, 11) is -2.95. The topological polar surface area (TPSA) is 55.8 Å². The molecule has 2 aromatic rings. The largest absolute Gasteiger partial charge is 0.462 e. The Bertz CT molecular complexity index is 980. The van der Waals surface area contributed by atoms with Gasteiger partial charge in [-0.15, -0.1) is 0 Å². The first kappa shape index (κ1) is 26.8. The Hall–Kier alpha value is -2.21. The highest BCUT2D eigenvalue weighted by molar-refractivity contribution is 6.98. The number of esters is 1. The molecule has 0 bridgehead atoms. The van der Waals surface area contributed by atoms with E-state index in [1.165, 1.54) is 5.57 Å². The van der Waals surface area contributed by atoms with Crippen LogP contribution in [0.4, 0.5) is 0 Å². The van der Waals surface area contributed by atoms with Gasteiger partial charge < -0.3 is 14.3 Å². The van der Waals surface area contributed by atoms with Gasteiger partial charge in [-0.05, 0) is 59.5 Å². The van der Waals surface area contributed by atoms with Crippen molar-refractivity contribution in [2.75, 3.05) is 0 Å². The molecule has 0 amide bonds. The molecule has 1 N–H and O–H groups in total. The summed E-state index contributed by atoms with van der Waals surface area (Å²) in [5.41, 5.74) is 1.17. The average molecular weight is 507 g/mol. The molecule has 1 unspecified atom stereocenters. The normalized spacial score (nSPS) is 24.8. The molecule has 2 heterocycles. The molecule has 4 nitrogen and oxygen atoms in total. The van der Waals surface area contributed by atoms with Crippen molar-refractivity contribution in [1.82, 2.24) is 0 Å². The summed E-state index contributed by atoms with van der Waals surface area (Å²) in [6, 6.07) is 20.5. The van der Waals surface area contributed by atoms with Crippen LogP contribution in [0.15, 0.2) is 72.8 Å². The Kier molecular flexibility index (Phi) is 8.54. The number of carbonyl (C=O) groups excluding carboxylic acids is 1. The van der Waals surface area contributed by atoms with Gasteiger partial charge in [-0.3, -0.25) is 4.79 Å². The van der Waals surface area contributed by atoms with Crippen molar-refractivity contribution >= 4 is 24.7 Å². The van der Waals surface area contributed by atoms with Crippen LogP contribution in [-0.2, 0) is 14.3 Å². The Labute approximate surface area is 217 Å². The van der Waals surface area contributed by atoms with Gasteiger partial charge in [-0.1, -0.05) is 101 Å². The number of unbranched alkanes of at least 4 members (excludes halogenated alkanes) is 1. The van der Waals surface area contributed by atoms with Crippen molar-refractivity contribution < 1.29 is 19.1 Å². The van der Waals surface area contributed by atoms with E-state index in [0.717, 1.165) is 61.7 Å². The summed E-state index contributed by atoms with van der Waals surface area (Å²) in [5.74, 6) is -0.0503. The average Bonchev–Trinajstić information content (AvgIpc) is 3.40. The molecule has 5 heteroatoms. The minimum Gasteiger partial charge on any atom is -0.462 e. The van der Waals surface area contributed by atoms with Crippen molar-refractivity contribution in [3.63, 3.8) is 0 Å². The first-order valence-corrected chi connectivity index (χ1v) is 15.5. The van der Waals surface area contributed by atoms with Crippen molar-refractivity contribution in [2.45, 2.75) is 95.5 Å². The van der Waals surface area contributed by atoms with Gasteiger partial charge in [0.25, 0.3) is 8.32 Å². The van der Waals surface area contributed by atoms with Crippen LogP contribution in [0.5, 0.6) is 0 Å². The number of carbonyl (C=O) groups is 1. The quantitative estimate of drug-likeness (QED) is 0.189. The Balaban J connectivity index is 1.29. The third-order valence-electron chi connectivity index (χ3n) is 8.29. The summed E-state index contributed by atoms with van der Waals surface area (Å²) in [5, 5.41) is 1.93. The van der Waals surface area contributed by atoms with Crippen LogP contribution >= 0.6 is 0 Å². The minimum atomic E-state index is -2.95. The lowest BCUT2D eigenvalue weighted by Crippen LogP contribution is -2.65. The zero-order valence-electron chi connectivity index (χ0n) is 22.1. The van der Waals surface area contributed by atoms with Crippen LogP contribution in [0.1, 0.15) is 72.1 Å².